The number of fused-ring (bicyclic) bond motifs is 1. The van der Waals surface area contributed by atoms with Crippen molar-refractivity contribution in [3.63, 3.8) is 0 Å². The fourth-order valence-corrected chi connectivity index (χ4v) is 1.94. The molecule has 0 unspecified atom stereocenters. The van der Waals surface area contributed by atoms with Gasteiger partial charge in [-0.3, -0.25) is 4.68 Å². The van der Waals surface area contributed by atoms with Gasteiger partial charge in [0.05, 0.1) is 11.2 Å². The standard InChI is InChI=1S/C8H14N4/c1-8(2)6-5(4-10-8)7(9)11-12(6)3/h10H,4H2,1-3H3,(H2,9,11). The first-order valence-corrected chi connectivity index (χ1v) is 4.09. The number of nitrogens with zero attached hydrogens (tertiary/aromatic N) is 2. The van der Waals surface area contributed by atoms with Crippen LogP contribution in [0.15, 0.2) is 0 Å². The third-order valence-corrected chi connectivity index (χ3v) is 2.48. The van der Waals surface area contributed by atoms with Gasteiger partial charge in [0.2, 0.25) is 0 Å². The average Bonchev–Trinajstić information content (AvgIpc) is 2.37. The molecule has 0 spiro atoms. The highest BCUT2D eigenvalue weighted by Crippen LogP contribution is 2.32. The zero-order valence-electron chi connectivity index (χ0n) is 7.68. The maximum absolute atomic E-state index is 5.74. The van der Waals surface area contributed by atoms with Gasteiger partial charge in [-0.05, 0) is 13.8 Å². The van der Waals surface area contributed by atoms with Gasteiger partial charge < -0.3 is 11.1 Å². The molecule has 0 radical (unpaired) electrons. The average molecular weight is 166 g/mol. The van der Waals surface area contributed by atoms with E-state index in [0.29, 0.717) is 5.82 Å². The monoisotopic (exact) mass is 166 g/mol. The Kier molecular flexibility index (Phi) is 1.28. The number of hydrogen-bond acceptors (Lipinski definition) is 3. The van der Waals surface area contributed by atoms with E-state index in [9.17, 15) is 0 Å². The third kappa shape index (κ3) is 0.783. The van der Waals surface area contributed by atoms with Crippen molar-refractivity contribution in [1.29, 1.82) is 0 Å². The van der Waals surface area contributed by atoms with Crippen LogP contribution in [0, 0.1) is 0 Å². The summed E-state index contributed by atoms with van der Waals surface area (Å²) in [4.78, 5) is 0. The molecule has 1 aliphatic rings. The van der Waals surface area contributed by atoms with Crippen LogP contribution >= 0.6 is 0 Å². The van der Waals surface area contributed by atoms with Gasteiger partial charge >= 0.3 is 0 Å². The highest BCUT2D eigenvalue weighted by Gasteiger charge is 2.34. The molecule has 12 heavy (non-hydrogen) atoms. The van der Waals surface area contributed by atoms with E-state index in [4.69, 9.17) is 5.73 Å². The topological polar surface area (TPSA) is 55.9 Å². The third-order valence-electron chi connectivity index (χ3n) is 2.48. The highest BCUT2D eigenvalue weighted by molar-refractivity contribution is 5.47. The SMILES string of the molecule is Cn1nc(N)c2c1C(C)(C)NC2. The second kappa shape index (κ2) is 2.01. The molecule has 4 nitrogen and oxygen atoms in total. The van der Waals surface area contributed by atoms with Crippen LogP contribution < -0.4 is 11.1 Å². The predicted octanol–water partition coefficient (Wildman–Crippen LogP) is 0.341. The van der Waals surface area contributed by atoms with E-state index in [-0.39, 0.29) is 5.54 Å². The molecule has 0 saturated carbocycles. The molecule has 1 aromatic rings. The normalized spacial score (nSPS) is 19.6. The van der Waals surface area contributed by atoms with E-state index in [1.54, 1.807) is 0 Å². The molecule has 2 rings (SSSR count). The van der Waals surface area contributed by atoms with Gasteiger partial charge in [-0.2, -0.15) is 5.10 Å². The summed E-state index contributed by atoms with van der Waals surface area (Å²) < 4.78 is 1.87. The van der Waals surface area contributed by atoms with Crippen LogP contribution in [0.25, 0.3) is 0 Å². The Morgan fingerprint density at radius 2 is 2.25 bits per heavy atom. The summed E-state index contributed by atoms with van der Waals surface area (Å²) in [6, 6.07) is 0. The largest absolute Gasteiger partial charge is 0.382 e. The molecule has 0 fully saturated rings. The number of nitrogens with one attached hydrogen (secondary N) is 1. The zero-order chi connectivity index (χ0) is 8.93. The molecule has 0 bridgehead atoms. The quantitative estimate of drug-likeness (QED) is 0.584. The number of rotatable bonds is 0. The smallest absolute Gasteiger partial charge is 0.150 e. The Hall–Kier alpha value is -1.03. The summed E-state index contributed by atoms with van der Waals surface area (Å²) in [5.74, 6) is 0.658. The minimum absolute atomic E-state index is 0.00863. The molecule has 3 N–H and O–H groups in total. The lowest BCUT2D eigenvalue weighted by Gasteiger charge is -2.19. The van der Waals surface area contributed by atoms with Crippen LogP contribution in [0.3, 0.4) is 0 Å². The number of nitrogens with two attached hydrogens (primary N) is 1. The Labute approximate surface area is 71.7 Å². The molecule has 4 heteroatoms. The fourth-order valence-electron chi connectivity index (χ4n) is 1.94. The van der Waals surface area contributed by atoms with Gasteiger partial charge in [-0.15, -0.1) is 0 Å². The Morgan fingerprint density at radius 1 is 1.58 bits per heavy atom. The van der Waals surface area contributed by atoms with Gasteiger partial charge in [-0.25, -0.2) is 0 Å². The van der Waals surface area contributed by atoms with Gasteiger partial charge in [0.15, 0.2) is 0 Å². The van der Waals surface area contributed by atoms with Crippen molar-refractivity contribution in [1.82, 2.24) is 15.1 Å². The van der Waals surface area contributed by atoms with Crippen molar-refractivity contribution >= 4 is 5.82 Å². The lowest BCUT2D eigenvalue weighted by molar-refractivity contribution is 0.411. The number of aryl methyl sites for hydroxylation is 1. The first-order chi connectivity index (χ1) is 5.52. The number of aromatic nitrogens is 2. The summed E-state index contributed by atoms with van der Waals surface area (Å²) in [6.07, 6.45) is 0. The van der Waals surface area contributed by atoms with Crippen molar-refractivity contribution in [3.05, 3.63) is 11.3 Å². The first kappa shape index (κ1) is 7.61. The van der Waals surface area contributed by atoms with Gasteiger partial charge in [0.1, 0.15) is 5.82 Å². The van der Waals surface area contributed by atoms with Crippen LogP contribution in [0.1, 0.15) is 25.1 Å². The predicted molar refractivity (Wildman–Crippen MR) is 47.5 cm³/mol. The minimum Gasteiger partial charge on any atom is -0.382 e. The van der Waals surface area contributed by atoms with Crippen LogP contribution in [0.4, 0.5) is 5.82 Å². The molecule has 2 heterocycles. The molecule has 0 amide bonds. The summed E-state index contributed by atoms with van der Waals surface area (Å²) in [7, 11) is 1.93. The van der Waals surface area contributed by atoms with Crippen LogP contribution in [-0.2, 0) is 19.1 Å². The molecule has 0 aromatic carbocycles. The van der Waals surface area contributed by atoms with Crippen molar-refractivity contribution in [2.75, 3.05) is 5.73 Å². The van der Waals surface area contributed by atoms with E-state index in [2.05, 4.69) is 24.3 Å². The molecular formula is C8H14N4. The van der Waals surface area contributed by atoms with E-state index in [0.717, 1.165) is 12.1 Å². The van der Waals surface area contributed by atoms with Crippen molar-refractivity contribution in [3.8, 4) is 0 Å². The molecular weight excluding hydrogens is 152 g/mol. The first-order valence-electron chi connectivity index (χ1n) is 4.09. The zero-order valence-corrected chi connectivity index (χ0v) is 7.68. The maximum Gasteiger partial charge on any atom is 0.150 e. The number of hydrogen-bond donors (Lipinski definition) is 2. The molecule has 1 aromatic heterocycles. The van der Waals surface area contributed by atoms with E-state index < -0.39 is 0 Å². The second-order valence-corrected chi connectivity index (χ2v) is 3.81. The molecule has 66 valence electrons. The lowest BCUT2D eigenvalue weighted by Crippen LogP contribution is -2.31. The van der Waals surface area contributed by atoms with Crippen molar-refractivity contribution in [2.24, 2.45) is 7.05 Å². The van der Waals surface area contributed by atoms with Gasteiger partial charge in [0.25, 0.3) is 0 Å². The summed E-state index contributed by atoms with van der Waals surface area (Å²) >= 11 is 0. The molecule has 0 aliphatic carbocycles. The van der Waals surface area contributed by atoms with Gasteiger partial charge in [-0.1, -0.05) is 0 Å². The van der Waals surface area contributed by atoms with Crippen LogP contribution in [0.2, 0.25) is 0 Å². The summed E-state index contributed by atoms with van der Waals surface area (Å²) in [6.45, 7) is 5.11. The summed E-state index contributed by atoms with van der Waals surface area (Å²) in [5, 5.41) is 7.56. The Bertz CT molecular complexity index is 324. The number of nitrogen functional groups attached to an aromatic ring is 1. The summed E-state index contributed by atoms with van der Waals surface area (Å²) in [5.41, 5.74) is 8.11. The maximum atomic E-state index is 5.74. The molecule has 0 atom stereocenters. The molecule has 0 saturated heterocycles. The van der Waals surface area contributed by atoms with Gasteiger partial charge in [0, 0.05) is 19.2 Å². The highest BCUT2D eigenvalue weighted by atomic mass is 15.3. The van der Waals surface area contributed by atoms with E-state index >= 15 is 0 Å². The lowest BCUT2D eigenvalue weighted by atomic mass is 10.0. The second-order valence-electron chi connectivity index (χ2n) is 3.81. The minimum atomic E-state index is 0.00863. The molecule has 1 aliphatic heterocycles. The van der Waals surface area contributed by atoms with E-state index in [1.165, 1.54) is 5.69 Å². The van der Waals surface area contributed by atoms with Crippen LogP contribution in [0.5, 0.6) is 0 Å². The Morgan fingerprint density at radius 3 is 2.83 bits per heavy atom. The Balaban J connectivity index is 2.65. The number of anilines is 1. The van der Waals surface area contributed by atoms with E-state index in [1.807, 2.05) is 11.7 Å². The van der Waals surface area contributed by atoms with Crippen LogP contribution in [-0.4, -0.2) is 9.78 Å². The van der Waals surface area contributed by atoms with Crippen molar-refractivity contribution < 1.29 is 0 Å². The fraction of sp³-hybridized carbons (Fsp3) is 0.625. The van der Waals surface area contributed by atoms with Crippen molar-refractivity contribution in [2.45, 2.75) is 25.9 Å².